The van der Waals surface area contributed by atoms with Gasteiger partial charge >= 0.3 is 18.0 Å². The van der Waals surface area contributed by atoms with Crippen LogP contribution in [0.4, 0.5) is 42.1 Å². The highest BCUT2D eigenvalue weighted by Gasteiger charge is 2.73. The van der Waals surface area contributed by atoms with E-state index in [1.54, 1.807) is 0 Å². The van der Waals surface area contributed by atoms with Crippen LogP contribution in [0.3, 0.4) is 0 Å². The van der Waals surface area contributed by atoms with Gasteiger partial charge in [0.05, 0.1) is 0 Å². The van der Waals surface area contributed by atoms with Crippen molar-refractivity contribution >= 4 is 34.0 Å². The summed E-state index contributed by atoms with van der Waals surface area (Å²) in [6, 6.07) is 12.4. The fraction of sp³-hybridized carbons (Fsp3) is 0.231. The first-order valence-electron chi connectivity index (χ1n) is 11.1. The molecule has 208 valence electrons. The Bertz CT molecular complexity index is 1400. The van der Waals surface area contributed by atoms with Gasteiger partial charge in [-0.1, -0.05) is 18.2 Å². The summed E-state index contributed by atoms with van der Waals surface area (Å²) >= 11 is 0. The number of aryl methyl sites for hydroxylation is 2. The number of carbonyl (C=O) groups is 2. The monoisotopic (exact) mass is 574 g/mol. The Kier molecular flexibility index (Phi) is 8.25. The van der Waals surface area contributed by atoms with Gasteiger partial charge in [0.25, 0.3) is 11.8 Å². The first-order chi connectivity index (χ1) is 18.0. The molecule has 1 unspecified atom stereocenters. The van der Waals surface area contributed by atoms with Crippen molar-refractivity contribution in [2.45, 2.75) is 36.8 Å². The Morgan fingerprint density at radius 2 is 1.23 bits per heavy atom. The van der Waals surface area contributed by atoms with Crippen molar-refractivity contribution in [1.29, 1.82) is 0 Å². The predicted octanol–water partition coefficient (Wildman–Crippen LogP) is 6.83. The Labute approximate surface area is 220 Å². The van der Waals surface area contributed by atoms with Crippen LogP contribution in [-0.4, -0.2) is 34.6 Å². The Morgan fingerprint density at radius 1 is 0.718 bits per heavy atom. The topological polar surface area (TPSA) is 75.3 Å². The Balaban J connectivity index is 1.84. The lowest BCUT2D eigenvalue weighted by Gasteiger charge is -2.31. The minimum Gasteiger partial charge on any atom is -0.322 e. The maximum absolute atomic E-state index is 14.5. The first kappa shape index (κ1) is 29.8. The molecule has 3 rings (SSSR count). The molecule has 0 aliphatic rings. The van der Waals surface area contributed by atoms with Crippen LogP contribution in [0.1, 0.15) is 37.4 Å². The summed E-state index contributed by atoms with van der Waals surface area (Å²) in [7, 11) is -1.23. The SMILES string of the molecule is Cc1cc(C(F)(C(F)(F)F)C(F)(F)F)cc(C)c1NC(=O)c1cccc(NC(=O)c2ccc(S(C)=O)cc2)c1. The van der Waals surface area contributed by atoms with Crippen LogP contribution in [0.25, 0.3) is 0 Å². The van der Waals surface area contributed by atoms with E-state index in [0.717, 1.165) is 13.8 Å². The Morgan fingerprint density at radius 3 is 1.72 bits per heavy atom. The number of halogens is 7. The molecular weight excluding hydrogens is 553 g/mol. The summed E-state index contributed by atoms with van der Waals surface area (Å²) in [4.78, 5) is 25.9. The summed E-state index contributed by atoms with van der Waals surface area (Å²) in [6.45, 7) is 2.27. The van der Waals surface area contributed by atoms with Crippen molar-refractivity contribution in [3.05, 3.63) is 88.5 Å². The van der Waals surface area contributed by atoms with Crippen LogP contribution in [0.15, 0.2) is 65.6 Å². The molecule has 0 saturated carbocycles. The van der Waals surface area contributed by atoms with Gasteiger partial charge in [-0.05, 0) is 67.4 Å². The van der Waals surface area contributed by atoms with E-state index in [0.29, 0.717) is 17.0 Å². The molecule has 3 aromatic rings. The molecule has 0 aliphatic heterocycles. The zero-order valence-electron chi connectivity index (χ0n) is 20.6. The van der Waals surface area contributed by atoms with Crippen LogP contribution in [0.5, 0.6) is 0 Å². The van der Waals surface area contributed by atoms with Crippen LogP contribution >= 0.6 is 0 Å². The number of anilines is 2. The molecule has 1 atom stereocenters. The second-order valence-electron chi connectivity index (χ2n) is 8.61. The van der Waals surface area contributed by atoms with Gasteiger partial charge in [0.2, 0.25) is 0 Å². The van der Waals surface area contributed by atoms with E-state index in [1.165, 1.54) is 54.8 Å². The number of alkyl halides is 7. The molecule has 2 N–H and O–H groups in total. The van der Waals surface area contributed by atoms with Gasteiger partial charge in [0.15, 0.2) is 0 Å². The number of rotatable bonds is 6. The zero-order chi connectivity index (χ0) is 29.3. The van der Waals surface area contributed by atoms with Crippen molar-refractivity contribution in [2.75, 3.05) is 16.9 Å². The molecule has 0 fully saturated rings. The van der Waals surface area contributed by atoms with Gasteiger partial charge in [0, 0.05) is 50.0 Å². The fourth-order valence-corrected chi connectivity index (χ4v) is 4.29. The third kappa shape index (κ3) is 6.13. The summed E-state index contributed by atoms with van der Waals surface area (Å²) in [5, 5.41) is 5.01. The zero-order valence-corrected chi connectivity index (χ0v) is 21.4. The van der Waals surface area contributed by atoms with E-state index in [2.05, 4.69) is 10.6 Å². The molecule has 13 heteroatoms. The highest BCUT2D eigenvalue weighted by molar-refractivity contribution is 7.84. The summed E-state index contributed by atoms with van der Waals surface area (Å²) < 4.78 is 105. The molecule has 0 saturated heterocycles. The average molecular weight is 575 g/mol. The van der Waals surface area contributed by atoms with Gasteiger partial charge < -0.3 is 10.6 Å². The highest BCUT2D eigenvalue weighted by atomic mass is 32.2. The number of carbonyl (C=O) groups excluding carboxylic acids is 2. The lowest BCUT2D eigenvalue weighted by molar-refractivity contribution is -0.348. The third-order valence-corrected chi connectivity index (χ3v) is 6.72. The van der Waals surface area contributed by atoms with Crippen LogP contribution < -0.4 is 10.6 Å². The lowest BCUT2D eigenvalue weighted by Crippen LogP contribution is -2.50. The van der Waals surface area contributed by atoms with E-state index >= 15 is 0 Å². The van der Waals surface area contributed by atoms with Gasteiger partial charge in [0.1, 0.15) is 0 Å². The number of hydrogen-bond acceptors (Lipinski definition) is 3. The number of amides is 2. The smallest absolute Gasteiger partial charge is 0.322 e. The molecule has 0 spiro atoms. The molecule has 39 heavy (non-hydrogen) atoms. The number of hydrogen-bond donors (Lipinski definition) is 2. The standard InChI is InChI=1S/C26H21F7N2O3S/c1-14-11-18(24(27,25(28,29)30)26(31,32)33)12-15(2)21(14)35-23(37)17-5-4-6-19(13-17)34-22(36)16-7-9-20(10-8-16)39(3)38/h4-13H,1-3H3,(H,34,36)(H,35,37). The molecule has 0 radical (unpaired) electrons. The van der Waals surface area contributed by atoms with Gasteiger partial charge in [-0.15, -0.1) is 0 Å². The minimum absolute atomic E-state index is 0.0119. The van der Waals surface area contributed by atoms with Crippen LogP contribution in [0.2, 0.25) is 0 Å². The second-order valence-corrected chi connectivity index (χ2v) is 9.99. The van der Waals surface area contributed by atoms with Crippen molar-refractivity contribution < 1.29 is 44.5 Å². The Hall–Kier alpha value is -3.74. The van der Waals surface area contributed by atoms with E-state index in [4.69, 9.17) is 0 Å². The van der Waals surface area contributed by atoms with Crippen molar-refractivity contribution in [1.82, 2.24) is 0 Å². The van der Waals surface area contributed by atoms with E-state index in [-0.39, 0.29) is 33.6 Å². The molecular formula is C26H21F7N2O3S. The van der Waals surface area contributed by atoms with Crippen molar-refractivity contribution in [3.8, 4) is 0 Å². The molecule has 0 aromatic heterocycles. The fourth-order valence-electron chi connectivity index (χ4n) is 3.77. The quantitative estimate of drug-likeness (QED) is 0.317. The molecule has 0 heterocycles. The van der Waals surface area contributed by atoms with Gasteiger partial charge in [-0.2, -0.15) is 26.3 Å². The van der Waals surface area contributed by atoms with E-state index in [9.17, 15) is 44.5 Å². The maximum Gasteiger partial charge on any atom is 0.435 e. The summed E-state index contributed by atoms with van der Waals surface area (Å²) in [5.74, 6) is -1.30. The van der Waals surface area contributed by atoms with Crippen molar-refractivity contribution in [2.24, 2.45) is 0 Å². The highest BCUT2D eigenvalue weighted by Crippen LogP contribution is 2.53. The predicted molar refractivity (Wildman–Crippen MR) is 132 cm³/mol. The summed E-state index contributed by atoms with van der Waals surface area (Å²) in [6.07, 6.45) is -11.0. The van der Waals surface area contributed by atoms with E-state index < -0.39 is 46.2 Å². The number of benzene rings is 3. The van der Waals surface area contributed by atoms with E-state index in [1.807, 2.05) is 0 Å². The molecule has 0 aliphatic carbocycles. The van der Waals surface area contributed by atoms with Crippen LogP contribution in [-0.2, 0) is 16.5 Å². The second kappa shape index (κ2) is 10.8. The summed E-state index contributed by atoms with van der Waals surface area (Å²) in [5.41, 5.74) is -7.32. The van der Waals surface area contributed by atoms with Gasteiger partial charge in [-0.25, -0.2) is 4.39 Å². The van der Waals surface area contributed by atoms with Gasteiger partial charge in [-0.3, -0.25) is 13.8 Å². The molecule has 2 amide bonds. The van der Waals surface area contributed by atoms with Crippen molar-refractivity contribution in [3.63, 3.8) is 0 Å². The molecule has 3 aromatic carbocycles. The average Bonchev–Trinajstić information content (AvgIpc) is 2.84. The minimum atomic E-state index is -6.27. The third-order valence-electron chi connectivity index (χ3n) is 5.78. The lowest BCUT2D eigenvalue weighted by atomic mass is 9.90. The maximum atomic E-state index is 14.5. The molecule has 5 nitrogen and oxygen atoms in total. The first-order valence-corrected chi connectivity index (χ1v) is 12.6. The van der Waals surface area contributed by atoms with Crippen LogP contribution in [0, 0.1) is 13.8 Å². The largest absolute Gasteiger partial charge is 0.435 e. The molecule has 0 bridgehead atoms. The normalized spacial score (nSPS) is 13.1. The number of nitrogens with one attached hydrogen (secondary N) is 2.